The number of alkyl halides is 8. The van der Waals surface area contributed by atoms with Crippen molar-refractivity contribution in [1.82, 2.24) is 0 Å². The molecule has 0 saturated heterocycles. The highest BCUT2D eigenvalue weighted by Crippen LogP contribution is 2.43. The molecule has 0 radical (unpaired) electrons. The third-order valence-corrected chi connectivity index (χ3v) is 1.40. The van der Waals surface area contributed by atoms with Gasteiger partial charge >= 0.3 is 24.1 Å². The molecule has 15 heavy (non-hydrogen) atoms. The predicted octanol–water partition coefficient (Wildman–Crippen LogP) is 3.50. The van der Waals surface area contributed by atoms with Crippen LogP contribution >= 0.6 is 0 Å². The van der Waals surface area contributed by atoms with Crippen molar-refractivity contribution in [3.63, 3.8) is 0 Å². The summed E-state index contributed by atoms with van der Waals surface area (Å²) in [5.41, 5.74) is 0. The summed E-state index contributed by atoms with van der Waals surface area (Å²) in [6.07, 6.45) is -11.5. The van der Waals surface area contributed by atoms with Gasteiger partial charge < -0.3 is 0 Å². The van der Waals surface area contributed by atoms with E-state index in [0.29, 0.717) is 0 Å². The van der Waals surface area contributed by atoms with E-state index in [-0.39, 0.29) is 13.8 Å². The van der Waals surface area contributed by atoms with Crippen molar-refractivity contribution in [2.45, 2.75) is 37.9 Å². The van der Waals surface area contributed by atoms with E-state index in [2.05, 4.69) is 4.74 Å². The highest BCUT2D eigenvalue weighted by Gasteiger charge is 2.64. The Bertz CT molecular complexity index is 200. The average molecular weight is 246 g/mol. The molecule has 0 aromatic rings. The zero-order valence-electron chi connectivity index (χ0n) is 7.43. The molecule has 0 aliphatic heterocycles. The zero-order valence-corrected chi connectivity index (χ0v) is 7.43. The van der Waals surface area contributed by atoms with Crippen molar-refractivity contribution < 1.29 is 39.9 Å². The highest BCUT2D eigenvalue weighted by molar-refractivity contribution is 4.79. The standard InChI is InChI=1S/C6H6F8O/c1-3(7,5(9,10)11)15-4(2,8)6(12,13)14/h1-2H3. The molecule has 0 bridgehead atoms. The van der Waals surface area contributed by atoms with Gasteiger partial charge in [0, 0.05) is 13.8 Å². The van der Waals surface area contributed by atoms with E-state index >= 15 is 0 Å². The molecule has 9 heteroatoms. The summed E-state index contributed by atoms with van der Waals surface area (Å²) < 4.78 is 98.2. The van der Waals surface area contributed by atoms with E-state index < -0.39 is 24.1 Å². The molecule has 0 amide bonds. The summed E-state index contributed by atoms with van der Waals surface area (Å²) in [5.74, 6) is -9.43. The second kappa shape index (κ2) is 3.46. The van der Waals surface area contributed by atoms with Crippen LogP contribution in [-0.4, -0.2) is 24.1 Å². The topological polar surface area (TPSA) is 9.23 Å². The first-order valence-corrected chi connectivity index (χ1v) is 3.42. The fraction of sp³-hybridized carbons (Fsp3) is 1.00. The molecular weight excluding hydrogens is 240 g/mol. The van der Waals surface area contributed by atoms with Crippen LogP contribution < -0.4 is 0 Å². The second-order valence-corrected chi connectivity index (χ2v) is 2.93. The highest BCUT2D eigenvalue weighted by atomic mass is 19.4. The van der Waals surface area contributed by atoms with Crippen LogP contribution in [-0.2, 0) is 4.74 Å². The van der Waals surface area contributed by atoms with E-state index in [9.17, 15) is 35.1 Å². The largest absolute Gasteiger partial charge is 0.448 e. The quantitative estimate of drug-likeness (QED) is 0.677. The van der Waals surface area contributed by atoms with Gasteiger partial charge in [-0.15, -0.1) is 0 Å². The Balaban J connectivity index is 4.89. The lowest BCUT2D eigenvalue weighted by Crippen LogP contribution is -2.51. The lowest BCUT2D eigenvalue weighted by atomic mass is 10.3. The van der Waals surface area contributed by atoms with Gasteiger partial charge in [0.2, 0.25) is 0 Å². The maximum absolute atomic E-state index is 12.5. The fourth-order valence-corrected chi connectivity index (χ4v) is 0.476. The minimum atomic E-state index is -5.76. The van der Waals surface area contributed by atoms with Crippen LogP contribution in [0.15, 0.2) is 0 Å². The molecule has 0 aliphatic rings. The normalized spacial score (nSPS) is 22.0. The molecular formula is C6H6F8O. The smallest absolute Gasteiger partial charge is 0.294 e. The number of ether oxygens (including phenoxy) is 1. The van der Waals surface area contributed by atoms with Crippen molar-refractivity contribution >= 4 is 0 Å². The Morgan fingerprint density at radius 2 is 0.800 bits per heavy atom. The Morgan fingerprint density at radius 3 is 0.933 bits per heavy atom. The molecule has 0 fully saturated rings. The Kier molecular flexibility index (Phi) is 3.32. The van der Waals surface area contributed by atoms with Crippen LogP contribution in [0, 0.1) is 0 Å². The van der Waals surface area contributed by atoms with E-state index in [4.69, 9.17) is 0 Å². The van der Waals surface area contributed by atoms with Crippen molar-refractivity contribution in [2.24, 2.45) is 0 Å². The summed E-state index contributed by atoms with van der Waals surface area (Å²) >= 11 is 0. The lowest BCUT2D eigenvalue weighted by Gasteiger charge is -2.32. The molecule has 0 heterocycles. The SMILES string of the molecule is CC(F)(OC(C)(F)C(F)(F)F)C(F)(F)F. The molecule has 0 rings (SSSR count). The molecule has 0 aliphatic carbocycles. The lowest BCUT2D eigenvalue weighted by molar-refractivity contribution is -0.423. The maximum Gasteiger partial charge on any atom is 0.448 e. The van der Waals surface area contributed by atoms with Gasteiger partial charge in [-0.1, -0.05) is 0 Å². The van der Waals surface area contributed by atoms with Gasteiger partial charge in [0.25, 0.3) is 0 Å². The minimum Gasteiger partial charge on any atom is -0.294 e. The van der Waals surface area contributed by atoms with Gasteiger partial charge in [-0.25, -0.2) is 8.78 Å². The third kappa shape index (κ3) is 3.18. The van der Waals surface area contributed by atoms with Gasteiger partial charge in [-0.2, -0.15) is 26.3 Å². The van der Waals surface area contributed by atoms with E-state index in [1.165, 1.54) is 0 Å². The van der Waals surface area contributed by atoms with Crippen molar-refractivity contribution in [3.8, 4) is 0 Å². The molecule has 2 unspecified atom stereocenters. The van der Waals surface area contributed by atoms with Crippen molar-refractivity contribution in [2.75, 3.05) is 0 Å². The van der Waals surface area contributed by atoms with Gasteiger partial charge in [0.15, 0.2) is 0 Å². The molecule has 92 valence electrons. The number of halogens is 8. The first-order valence-electron chi connectivity index (χ1n) is 3.42. The molecule has 0 saturated carbocycles. The van der Waals surface area contributed by atoms with Crippen LogP contribution in [0.2, 0.25) is 0 Å². The fourth-order valence-electron chi connectivity index (χ4n) is 0.476. The second-order valence-electron chi connectivity index (χ2n) is 2.93. The van der Waals surface area contributed by atoms with E-state index in [1.54, 1.807) is 0 Å². The van der Waals surface area contributed by atoms with Crippen LogP contribution in [0.4, 0.5) is 35.1 Å². The van der Waals surface area contributed by atoms with Crippen LogP contribution in [0.3, 0.4) is 0 Å². The summed E-state index contributed by atoms with van der Waals surface area (Å²) in [4.78, 5) is 0. The molecule has 1 nitrogen and oxygen atoms in total. The summed E-state index contributed by atoms with van der Waals surface area (Å²) in [5, 5.41) is 0. The number of hydrogen-bond acceptors (Lipinski definition) is 1. The van der Waals surface area contributed by atoms with Crippen LogP contribution in [0.1, 0.15) is 13.8 Å². The van der Waals surface area contributed by atoms with Crippen molar-refractivity contribution in [1.29, 1.82) is 0 Å². The molecule has 0 aromatic heterocycles. The third-order valence-electron chi connectivity index (χ3n) is 1.40. The molecule has 0 N–H and O–H groups in total. The van der Waals surface area contributed by atoms with Crippen LogP contribution in [0.25, 0.3) is 0 Å². The van der Waals surface area contributed by atoms with Gasteiger partial charge in [0.1, 0.15) is 0 Å². The zero-order chi connectivity index (χ0) is 12.7. The summed E-state index contributed by atoms with van der Waals surface area (Å²) in [7, 11) is 0. The molecule has 2 atom stereocenters. The molecule has 0 aromatic carbocycles. The first-order chi connectivity index (χ1) is 6.21. The predicted molar refractivity (Wildman–Crippen MR) is 32.2 cm³/mol. The van der Waals surface area contributed by atoms with Gasteiger partial charge in [-0.3, -0.25) is 4.74 Å². The Hall–Kier alpha value is -0.600. The summed E-state index contributed by atoms with van der Waals surface area (Å²) in [6, 6.07) is 0. The minimum absolute atomic E-state index is 0.351. The number of rotatable bonds is 2. The first kappa shape index (κ1) is 14.4. The van der Waals surface area contributed by atoms with E-state index in [1.807, 2.05) is 0 Å². The Morgan fingerprint density at radius 1 is 0.600 bits per heavy atom. The van der Waals surface area contributed by atoms with Crippen LogP contribution in [0.5, 0.6) is 0 Å². The van der Waals surface area contributed by atoms with Gasteiger partial charge in [-0.05, 0) is 0 Å². The molecule has 0 spiro atoms. The maximum atomic E-state index is 12.5. The van der Waals surface area contributed by atoms with Crippen molar-refractivity contribution in [3.05, 3.63) is 0 Å². The van der Waals surface area contributed by atoms with Gasteiger partial charge in [0.05, 0.1) is 0 Å². The van der Waals surface area contributed by atoms with E-state index in [0.717, 1.165) is 0 Å². The number of hydrogen-bond donors (Lipinski definition) is 0. The Labute approximate surface area is 79.0 Å². The monoisotopic (exact) mass is 246 g/mol. The average Bonchev–Trinajstić information content (AvgIpc) is 1.77. The summed E-state index contributed by atoms with van der Waals surface area (Å²) in [6.45, 7) is -0.701.